The maximum atomic E-state index is 5.02. The van der Waals surface area contributed by atoms with Crippen molar-refractivity contribution in [1.29, 1.82) is 0 Å². The van der Waals surface area contributed by atoms with E-state index in [9.17, 15) is 0 Å². The van der Waals surface area contributed by atoms with Gasteiger partial charge in [0.2, 0.25) is 5.89 Å². The molecule has 2 heterocycles. The van der Waals surface area contributed by atoms with E-state index in [1.165, 1.54) is 0 Å². The highest BCUT2D eigenvalue weighted by Crippen LogP contribution is 2.00. The lowest BCUT2D eigenvalue weighted by Crippen LogP contribution is -1.99. The lowest BCUT2D eigenvalue weighted by atomic mass is 10.4. The van der Waals surface area contributed by atoms with Crippen LogP contribution in [0.3, 0.4) is 0 Å². The number of methoxy groups -OCH3 is 1. The largest absolute Gasteiger partial charge is 0.384 e. The second-order valence-electron chi connectivity index (χ2n) is 2.98. The summed E-state index contributed by atoms with van der Waals surface area (Å²) >= 11 is 0. The van der Waals surface area contributed by atoms with Gasteiger partial charge in [-0.05, 0) is 0 Å². The van der Waals surface area contributed by atoms with Gasteiger partial charge in [-0.1, -0.05) is 5.16 Å². The summed E-state index contributed by atoms with van der Waals surface area (Å²) in [5.41, 5.74) is 0. The summed E-state index contributed by atoms with van der Waals surface area (Å²) in [6.45, 7) is 1.09. The molecule has 2 aromatic rings. The molecule has 2 aromatic heterocycles. The van der Waals surface area contributed by atoms with Crippen LogP contribution in [0.15, 0.2) is 17.2 Å². The van der Waals surface area contributed by atoms with Crippen LogP contribution in [0, 0.1) is 0 Å². The van der Waals surface area contributed by atoms with Crippen molar-refractivity contribution in [1.82, 2.24) is 24.9 Å². The molecule has 0 aromatic carbocycles. The molecule has 0 aliphatic carbocycles. The molecule has 0 atom stereocenters. The van der Waals surface area contributed by atoms with E-state index >= 15 is 0 Å². The van der Waals surface area contributed by atoms with Gasteiger partial charge in [-0.2, -0.15) is 4.98 Å². The molecule has 0 spiro atoms. The summed E-state index contributed by atoms with van der Waals surface area (Å²) in [5, 5.41) is 11.2. The molecule has 0 bridgehead atoms. The Bertz CT molecular complexity index is 397. The van der Waals surface area contributed by atoms with Gasteiger partial charge >= 0.3 is 0 Å². The van der Waals surface area contributed by atoms with Gasteiger partial charge in [-0.25, -0.2) is 0 Å². The van der Waals surface area contributed by atoms with Crippen molar-refractivity contribution in [2.24, 2.45) is 0 Å². The third-order valence-corrected chi connectivity index (χ3v) is 1.82. The van der Waals surface area contributed by atoms with Crippen LogP contribution in [0.4, 0.5) is 0 Å². The smallest absolute Gasteiger partial charge is 0.229 e. The standard InChI is InChI=1S/C8H11N5O2/c1-14-3-2-8-11-7(12-15-8)4-13-5-9-10-6-13/h5-6H,2-4H2,1H3. The number of rotatable bonds is 5. The molecule has 0 saturated carbocycles. The van der Waals surface area contributed by atoms with Gasteiger partial charge in [0.1, 0.15) is 12.7 Å². The number of hydrogen-bond donors (Lipinski definition) is 0. The van der Waals surface area contributed by atoms with Gasteiger partial charge in [-0.3, -0.25) is 0 Å². The SMILES string of the molecule is COCCc1nc(Cn2cnnc2)no1. The number of hydrogen-bond acceptors (Lipinski definition) is 6. The fraction of sp³-hybridized carbons (Fsp3) is 0.500. The summed E-state index contributed by atoms with van der Waals surface area (Å²) in [5.74, 6) is 1.20. The second-order valence-corrected chi connectivity index (χ2v) is 2.98. The van der Waals surface area contributed by atoms with E-state index in [4.69, 9.17) is 9.26 Å². The van der Waals surface area contributed by atoms with Crippen LogP contribution in [-0.2, 0) is 17.7 Å². The normalized spacial score (nSPS) is 10.7. The first-order valence-electron chi connectivity index (χ1n) is 4.51. The zero-order valence-corrected chi connectivity index (χ0v) is 8.33. The molecule has 0 fully saturated rings. The third kappa shape index (κ3) is 2.59. The molecule has 0 aliphatic rings. The van der Waals surface area contributed by atoms with Gasteiger partial charge in [0.05, 0.1) is 19.6 Å². The lowest BCUT2D eigenvalue weighted by molar-refractivity contribution is 0.192. The molecular weight excluding hydrogens is 198 g/mol. The molecule has 2 rings (SSSR count). The van der Waals surface area contributed by atoms with E-state index in [0.717, 1.165) is 0 Å². The zero-order valence-electron chi connectivity index (χ0n) is 8.33. The Hall–Kier alpha value is -1.76. The molecule has 80 valence electrons. The van der Waals surface area contributed by atoms with E-state index in [-0.39, 0.29) is 0 Å². The molecule has 0 radical (unpaired) electrons. The predicted octanol–water partition coefficient (Wildman–Crippen LogP) is -0.102. The summed E-state index contributed by atoms with van der Waals surface area (Å²) in [6.07, 6.45) is 3.84. The van der Waals surface area contributed by atoms with Crippen molar-refractivity contribution < 1.29 is 9.26 Å². The molecular formula is C8H11N5O2. The molecule has 0 unspecified atom stereocenters. The van der Waals surface area contributed by atoms with Crippen LogP contribution in [-0.4, -0.2) is 38.6 Å². The van der Waals surface area contributed by atoms with Gasteiger partial charge in [0.15, 0.2) is 5.82 Å². The molecule has 0 N–H and O–H groups in total. The van der Waals surface area contributed by atoms with Crippen LogP contribution in [0.2, 0.25) is 0 Å². The predicted molar refractivity (Wildman–Crippen MR) is 49.0 cm³/mol. The quantitative estimate of drug-likeness (QED) is 0.684. The van der Waals surface area contributed by atoms with Crippen molar-refractivity contribution in [3.05, 3.63) is 24.4 Å². The van der Waals surface area contributed by atoms with Crippen molar-refractivity contribution >= 4 is 0 Å². The van der Waals surface area contributed by atoms with E-state index in [0.29, 0.717) is 31.3 Å². The third-order valence-electron chi connectivity index (χ3n) is 1.82. The molecule has 0 saturated heterocycles. The molecule has 15 heavy (non-hydrogen) atoms. The number of aromatic nitrogens is 5. The van der Waals surface area contributed by atoms with Crippen LogP contribution in [0.1, 0.15) is 11.7 Å². The molecule has 0 aliphatic heterocycles. The molecule has 7 heteroatoms. The lowest BCUT2D eigenvalue weighted by Gasteiger charge is -1.92. The molecule has 0 amide bonds. The van der Waals surface area contributed by atoms with Gasteiger partial charge in [-0.15, -0.1) is 10.2 Å². The molecule has 7 nitrogen and oxygen atoms in total. The number of nitrogens with zero attached hydrogens (tertiary/aromatic N) is 5. The maximum absolute atomic E-state index is 5.02. The monoisotopic (exact) mass is 209 g/mol. The summed E-state index contributed by atoms with van der Waals surface area (Å²) in [4.78, 5) is 4.19. The number of ether oxygens (including phenoxy) is 1. The fourth-order valence-corrected chi connectivity index (χ4v) is 1.11. The van der Waals surface area contributed by atoms with Gasteiger partial charge in [0, 0.05) is 7.11 Å². The summed E-state index contributed by atoms with van der Waals surface area (Å²) in [6, 6.07) is 0. The Kier molecular flexibility index (Phi) is 3.03. The zero-order chi connectivity index (χ0) is 10.5. The Morgan fingerprint density at radius 2 is 2.20 bits per heavy atom. The highest BCUT2D eigenvalue weighted by atomic mass is 16.5. The second kappa shape index (κ2) is 4.65. The average Bonchev–Trinajstić information content (AvgIpc) is 2.87. The fourth-order valence-electron chi connectivity index (χ4n) is 1.11. The highest BCUT2D eigenvalue weighted by molar-refractivity contribution is 4.87. The average molecular weight is 209 g/mol. The summed E-state index contributed by atoms with van der Waals surface area (Å²) in [7, 11) is 1.63. The Morgan fingerprint density at radius 3 is 2.93 bits per heavy atom. The first-order valence-corrected chi connectivity index (χ1v) is 4.51. The highest BCUT2D eigenvalue weighted by Gasteiger charge is 2.06. The van der Waals surface area contributed by atoms with E-state index in [1.807, 2.05) is 0 Å². The van der Waals surface area contributed by atoms with Crippen LogP contribution < -0.4 is 0 Å². The minimum Gasteiger partial charge on any atom is -0.384 e. The minimum absolute atomic E-state index is 0.517. The van der Waals surface area contributed by atoms with Crippen molar-refractivity contribution in [3.63, 3.8) is 0 Å². The van der Waals surface area contributed by atoms with Crippen LogP contribution in [0.25, 0.3) is 0 Å². The Labute approximate surface area is 86.1 Å². The first-order chi connectivity index (χ1) is 7.38. The first kappa shape index (κ1) is 9.78. The van der Waals surface area contributed by atoms with E-state index in [1.54, 1.807) is 24.3 Å². The van der Waals surface area contributed by atoms with Crippen LogP contribution >= 0.6 is 0 Å². The Balaban J connectivity index is 1.95. The minimum atomic E-state index is 0.517. The van der Waals surface area contributed by atoms with Crippen molar-refractivity contribution in [2.75, 3.05) is 13.7 Å². The topological polar surface area (TPSA) is 78.9 Å². The van der Waals surface area contributed by atoms with Gasteiger partial charge in [0.25, 0.3) is 0 Å². The van der Waals surface area contributed by atoms with Gasteiger partial charge < -0.3 is 13.8 Å². The summed E-state index contributed by atoms with van der Waals surface area (Å²) < 4.78 is 11.7. The van der Waals surface area contributed by atoms with E-state index < -0.39 is 0 Å². The Morgan fingerprint density at radius 1 is 1.40 bits per heavy atom. The van der Waals surface area contributed by atoms with Crippen LogP contribution in [0.5, 0.6) is 0 Å². The van der Waals surface area contributed by atoms with Crippen molar-refractivity contribution in [3.8, 4) is 0 Å². The van der Waals surface area contributed by atoms with Crippen molar-refractivity contribution in [2.45, 2.75) is 13.0 Å². The maximum Gasteiger partial charge on any atom is 0.229 e. The van der Waals surface area contributed by atoms with E-state index in [2.05, 4.69) is 20.3 Å².